The first kappa shape index (κ1) is 19.7. The van der Waals surface area contributed by atoms with E-state index in [1.165, 1.54) is 10.4 Å². The summed E-state index contributed by atoms with van der Waals surface area (Å²) >= 11 is 1.76. The molecular weight excluding hydrogens is 360 g/mol. The average Bonchev–Trinajstić information content (AvgIpc) is 3.14. The topological polar surface area (TPSA) is 50.8 Å². The summed E-state index contributed by atoms with van der Waals surface area (Å²) in [6, 6.07) is 9.65. The maximum Gasteiger partial charge on any atom is 0.237 e. The molecule has 27 heavy (non-hydrogen) atoms. The number of hydrogen-bond acceptors (Lipinski definition) is 5. The van der Waals surface area contributed by atoms with Crippen molar-refractivity contribution in [2.24, 2.45) is 5.92 Å². The van der Waals surface area contributed by atoms with Crippen LogP contribution in [0.15, 0.2) is 35.7 Å². The largest absolute Gasteiger partial charge is 0.497 e. The Hall–Kier alpha value is -2.05. The zero-order valence-corrected chi connectivity index (χ0v) is 17.1. The molecular formula is C21H28N2O3S. The molecule has 1 N–H and O–H groups in total. The molecule has 3 rings (SSSR count). The average molecular weight is 389 g/mol. The van der Waals surface area contributed by atoms with E-state index in [-0.39, 0.29) is 11.9 Å². The van der Waals surface area contributed by atoms with Crippen molar-refractivity contribution in [2.45, 2.75) is 26.3 Å². The van der Waals surface area contributed by atoms with E-state index in [4.69, 9.17) is 9.47 Å². The maximum atomic E-state index is 12.8. The van der Waals surface area contributed by atoms with E-state index in [1.807, 2.05) is 29.2 Å². The third-order valence-corrected chi connectivity index (χ3v) is 5.69. The molecule has 0 bridgehead atoms. The first-order valence-electron chi connectivity index (χ1n) is 9.41. The van der Waals surface area contributed by atoms with Gasteiger partial charge in [0.15, 0.2) is 0 Å². The highest BCUT2D eigenvalue weighted by Crippen LogP contribution is 2.34. The third-order valence-electron chi connectivity index (χ3n) is 4.69. The van der Waals surface area contributed by atoms with Gasteiger partial charge >= 0.3 is 0 Å². The SMILES string of the molecule is COc1cccc(OCC2c3ccsc3CCN2C(=O)CNCC(C)C)c1. The van der Waals surface area contributed by atoms with Crippen LogP contribution in [0.4, 0.5) is 0 Å². The number of nitrogens with zero attached hydrogens (tertiary/aromatic N) is 1. The van der Waals surface area contributed by atoms with Gasteiger partial charge in [0.2, 0.25) is 5.91 Å². The molecule has 2 aromatic rings. The highest BCUT2D eigenvalue weighted by molar-refractivity contribution is 7.10. The van der Waals surface area contributed by atoms with Crippen LogP contribution in [0.5, 0.6) is 11.5 Å². The van der Waals surface area contributed by atoms with Crippen LogP contribution in [-0.2, 0) is 11.2 Å². The van der Waals surface area contributed by atoms with Gasteiger partial charge in [-0.05, 0) is 48.0 Å². The molecule has 146 valence electrons. The molecule has 0 saturated heterocycles. The normalized spacial score (nSPS) is 16.3. The molecule has 1 aliphatic rings. The van der Waals surface area contributed by atoms with Crippen LogP contribution >= 0.6 is 11.3 Å². The summed E-state index contributed by atoms with van der Waals surface area (Å²) in [5.74, 6) is 2.17. The first-order chi connectivity index (χ1) is 13.1. The summed E-state index contributed by atoms with van der Waals surface area (Å²) in [4.78, 5) is 16.1. The van der Waals surface area contributed by atoms with Crippen LogP contribution in [0.25, 0.3) is 0 Å². The Morgan fingerprint density at radius 2 is 2.15 bits per heavy atom. The van der Waals surface area contributed by atoms with Crippen molar-refractivity contribution in [3.63, 3.8) is 0 Å². The van der Waals surface area contributed by atoms with Crippen molar-refractivity contribution in [2.75, 3.05) is 33.4 Å². The molecule has 0 saturated carbocycles. The monoisotopic (exact) mass is 388 g/mol. The molecule has 0 aliphatic carbocycles. The molecule has 1 aromatic heterocycles. The molecule has 1 amide bonds. The number of amides is 1. The zero-order chi connectivity index (χ0) is 19.2. The molecule has 5 nitrogen and oxygen atoms in total. The molecule has 0 fully saturated rings. The Labute approximate surface area is 165 Å². The highest BCUT2D eigenvalue weighted by Gasteiger charge is 2.31. The number of ether oxygens (including phenoxy) is 2. The maximum absolute atomic E-state index is 12.8. The second-order valence-electron chi connectivity index (χ2n) is 7.17. The lowest BCUT2D eigenvalue weighted by atomic mass is 10.0. The Balaban J connectivity index is 1.70. The fourth-order valence-electron chi connectivity index (χ4n) is 3.31. The minimum absolute atomic E-state index is 0.0560. The molecule has 6 heteroatoms. The van der Waals surface area contributed by atoms with E-state index >= 15 is 0 Å². The Morgan fingerprint density at radius 1 is 1.33 bits per heavy atom. The lowest BCUT2D eigenvalue weighted by Gasteiger charge is -2.36. The van der Waals surface area contributed by atoms with Crippen molar-refractivity contribution in [3.05, 3.63) is 46.2 Å². The second kappa shape index (κ2) is 9.24. The molecule has 0 spiro atoms. The quantitative estimate of drug-likeness (QED) is 0.752. The number of fused-ring (bicyclic) bond motifs is 1. The van der Waals surface area contributed by atoms with E-state index in [1.54, 1.807) is 18.4 Å². The summed E-state index contributed by atoms with van der Waals surface area (Å²) in [5.41, 5.74) is 1.21. The minimum Gasteiger partial charge on any atom is -0.497 e. The standard InChI is InChI=1S/C21H28N2O3S/c1-15(2)12-22-13-21(24)23-9-7-20-18(8-10-27-20)19(23)14-26-17-6-4-5-16(11-17)25-3/h4-6,8,10-11,15,19,22H,7,9,12-14H2,1-3H3. The molecule has 1 atom stereocenters. The van der Waals surface area contributed by atoms with E-state index in [0.29, 0.717) is 19.1 Å². The van der Waals surface area contributed by atoms with Gasteiger partial charge in [0.05, 0.1) is 19.7 Å². The molecule has 2 heterocycles. The molecule has 1 unspecified atom stereocenters. The van der Waals surface area contributed by atoms with Crippen LogP contribution in [-0.4, -0.2) is 44.2 Å². The van der Waals surface area contributed by atoms with Crippen molar-refractivity contribution in [1.29, 1.82) is 0 Å². The highest BCUT2D eigenvalue weighted by atomic mass is 32.1. The van der Waals surface area contributed by atoms with Crippen molar-refractivity contribution < 1.29 is 14.3 Å². The van der Waals surface area contributed by atoms with Crippen LogP contribution in [0, 0.1) is 5.92 Å². The van der Waals surface area contributed by atoms with Gasteiger partial charge < -0.3 is 19.7 Å². The summed E-state index contributed by atoms with van der Waals surface area (Å²) in [5, 5.41) is 5.37. The lowest BCUT2D eigenvalue weighted by Crippen LogP contribution is -2.46. The lowest BCUT2D eigenvalue weighted by molar-refractivity contribution is -0.133. The van der Waals surface area contributed by atoms with Gasteiger partial charge in [-0.15, -0.1) is 11.3 Å². The van der Waals surface area contributed by atoms with Gasteiger partial charge in [0, 0.05) is 17.5 Å². The van der Waals surface area contributed by atoms with E-state index in [2.05, 4.69) is 30.6 Å². The molecule has 1 aromatic carbocycles. The summed E-state index contributed by atoms with van der Waals surface area (Å²) in [6.07, 6.45) is 0.915. The van der Waals surface area contributed by atoms with Gasteiger partial charge in [-0.25, -0.2) is 0 Å². The Morgan fingerprint density at radius 3 is 2.93 bits per heavy atom. The molecule has 0 radical (unpaired) electrons. The van der Waals surface area contributed by atoms with Crippen LogP contribution in [0.3, 0.4) is 0 Å². The van der Waals surface area contributed by atoms with E-state index in [0.717, 1.165) is 31.0 Å². The Kier molecular flexibility index (Phi) is 6.74. The minimum atomic E-state index is -0.0560. The van der Waals surface area contributed by atoms with Crippen LogP contribution in [0.2, 0.25) is 0 Å². The van der Waals surface area contributed by atoms with Gasteiger partial charge in [-0.3, -0.25) is 4.79 Å². The van der Waals surface area contributed by atoms with E-state index < -0.39 is 0 Å². The summed E-state index contributed by atoms with van der Waals surface area (Å²) < 4.78 is 11.3. The van der Waals surface area contributed by atoms with Crippen LogP contribution < -0.4 is 14.8 Å². The van der Waals surface area contributed by atoms with E-state index in [9.17, 15) is 4.79 Å². The number of carbonyl (C=O) groups excluding carboxylic acids is 1. The van der Waals surface area contributed by atoms with Gasteiger partial charge in [-0.2, -0.15) is 0 Å². The van der Waals surface area contributed by atoms with Gasteiger partial charge in [0.1, 0.15) is 18.1 Å². The number of nitrogens with one attached hydrogen (secondary N) is 1. The predicted octanol–water partition coefficient (Wildman–Crippen LogP) is 3.51. The number of carbonyl (C=O) groups is 1. The Bertz CT molecular complexity index is 759. The number of benzene rings is 1. The van der Waals surface area contributed by atoms with Crippen molar-refractivity contribution >= 4 is 17.2 Å². The number of methoxy groups -OCH3 is 1. The summed E-state index contributed by atoms with van der Waals surface area (Å²) in [6.45, 7) is 6.66. The van der Waals surface area contributed by atoms with Crippen molar-refractivity contribution in [3.8, 4) is 11.5 Å². The number of hydrogen-bond donors (Lipinski definition) is 1. The first-order valence-corrected chi connectivity index (χ1v) is 10.3. The molecule has 1 aliphatic heterocycles. The number of rotatable bonds is 8. The zero-order valence-electron chi connectivity index (χ0n) is 16.2. The van der Waals surface area contributed by atoms with Gasteiger partial charge in [-0.1, -0.05) is 19.9 Å². The fraction of sp³-hybridized carbons (Fsp3) is 0.476. The summed E-state index contributed by atoms with van der Waals surface area (Å²) in [7, 11) is 1.64. The van der Waals surface area contributed by atoms with Crippen LogP contribution in [0.1, 0.15) is 30.3 Å². The third kappa shape index (κ3) is 5.02. The smallest absolute Gasteiger partial charge is 0.237 e. The number of thiophene rings is 1. The predicted molar refractivity (Wildman–Crippen MR) is 109 cm³/mol. The second-order valence-corrected chi connectivity index (χ2v) is 8.17. The van der Waals surface area contributed by atoms with Crippen molar-refractivity contribution in [1.82, 2.24) is 10.2 Å². The van der Waals surface area contributed by atoms with Gasteiger partial charge in [0.25, 0.3) is 0 Å². The fourth-order valence-corrected chi connectivity index (χ4v) is 4.24.